The Kier molecular flexibility index (Phi) is 5.32. The summed E-state index contributed by atoms with van der Waals surface area (Å²) in [6.07, 6.45) is 1.00. The van der Waals surface area contributed by atoms with Gasteiger partial charge in [-0.25, -0.2) is 0 Å². The van der Waals surface area contributed by atoms with Crippen LogP contribution in [0.1, 0.15) is 29.7 Å². The molecule has 0 spiro atoms. The molecule has 0 fully saturated rings. The summed E-state index contributed by atoms with van der Waals surface area (Å²) in [5.41, 5.74) is 3.97. The van der Waals surface area contributed by atoms with Crippen molar-refractivity contribution in [3.05, 3.63) is 120 Å². The minimum absolute atomic E-state index is 0.197. The maximum atomic E-state index is 3.85. The van der Waals surface area contributed by atoms with Gasteiger partial charge in [-0.1, -0.05) is 103 Å². The summed E-state index contributed by atoms with van der Waals surface area (Å²) in [4.78, 5) is 0. The molecule has 134 valence electrons. The maximum absolute atomic E-state index is 3.85. The Labute approximate surface area is 161 Å². The minimum Gasteiger partial charge on any atom is -0.303 e. The highest BCUT2D eigenvalue weighted by Gasteiger charge is 2.16. The monoisotopic (exact) mass is 351 g/mol. The molecular formula is C26H25N. The summed E-state index contributed by atoms with van der Waals surface area (Å²) in [6.45, 7) is 2.27. The molecule has 1 unspecified atom stereocenters. The van der Waals surface area contributed by atoms with Crippen LogP contribution in [-0.2, 0) is 6.42 Å². The molecule has 0 aliphatic carbocycles. The van der Waals surface area contributed by atoms with E-state index in [-0.39, 0.29) is 6.04 Å². The van der Waals surface area contributed by atoms with E-state index in [0.717, 1.165) is 6.42 Å². The van der Waals surface area contributed by atoms with E-state index in [1.54, 1.807) is 0 Å². The van der Waals surface area contributed by atoms with Gasteiger partial charge in [0.2, 0.25) is 0 Å². The standard InChI is InChI=1S/C26H25N/c1-20(18-21-16-17-22-10-8-9-15-25(22)19-21)27-26(23-11-4-2-5-12-23)24-13-6-3-7-14-24/h2-17,19-20,26-27H,18H2,1H3. The van der Waals surface area contributed by atoms with Gasteiger partial charge in [-0.15, -0.1) is 0 Å². The van der Waals surface area contributed by atoms with Crippen LogP contribution >= 0.6 is 0 Å². The van der Waals surface area contributed by atoms with Crippen LogP contribution in [0.2, 0.25) is 0 Å². The van der Waals surface area contributed by atoms with Crippen LogP contribution in [0, 0.1) is 0 Å². The lowest BCUT2D eigenvalue weighted by Gasteiger charge is -2.24. The average Bonchev–Trinajstić information content (AvgIpc) is 2.73. The van der Waals surface area contributed by atoms with Crippen LogP contribution in [0.25, 0.3) is 10.8 Å². The fourth-order valence-electron chi connectivity index (χ4n) is 3.74. The number of nitrogens with one attached hydrogen (secondary N) is 1. The Morgan fingerprint density at radius 1 is 0.630 bits per heavy atom. The lowest BCUT2D eigenvalue weighted by molar-refractivity contribution is 0.496. The van der Waals surface area contributed by atoms with E-state index in [1.165, 1.54) is 27.5 Å². The number of fused-ring (bicyclic) bond motifs is 1. The zero-order chi connectivity index (χ0) is 18.5. The van der Waals surface area contributed by atoms with Crippen LogP contribution in [0.3, 0.4) is 0 Å². The Balaban J connectivity index is 1.55. The van der Waals surface area contributed by atoms with Gasteiger partial charge in [0.05, 0.1) is 6.04 Å². The normalized spacial score (nSPS) is 12.4. The van der Waals surface area contributed by atoms with Gasteiger partial charge in [0.1, 0.15) is 0 Å². The summed E-state index contributed by atoms with van der Waals surface area (Å²) in [5.74, 6) is 0. The summed E-state index contributed by atoms with van der Waals surface area (Å²) >= 11 is 0. The summed E-state index contributed by atoms with van der Waals surface area (Å²) in [7, 11) is 0. The van der Waals surface area contributed by atoms with Gasteiger partial charge in [0.25, 0.3) is 0 Å². The second-order valence-electron chi connectivity index (χ2n) is 7.21. The fourth-order valence-corrected chi connectivity index (χ4v) is 3.74. The van der Waals surface area contributed by atoms with E-state index < -0.39 is 0 Å². The van der Waals surface area contributed by atoms with Crippen LogP contribution < -0.4 is 5.32 Å². The van der Waals surface area contributed by atoms with Crippen molar-refractivity contribution in [2.45, 2.75) is 25.4 Å². The predicted molar refractivity (Wildman–Crippen MR) is 115 cm³/mol. The molecule has 27 heavy (non-hydrogen) atoms. The SMILES string of the molecule is CC(Cc1ccc2ccccc2c1)NC(c1ccccc1)c1ccccc1. The molecule has 1 heteroatoms. The van der Waals surface area contributed by atoms with Crippen molar-refractivity contribution in [2.75, 3.05) is 0 Å². The molecule has 0 saturated carbocycles. The van der Waals surface area contributed by atoms with Gasteiger partial charge < -0.3 is 5.32 Å². The van der Waals surface area contributed by atoms with Crippen LogP contribution in [0.4, 0.5) is 0 Å². The number of hydrogen-bond donors (Lipinski definition) is 1. The van der Waals surface area contributed by atoms with Crippen molar-refractivity contribution in [3.63, 3.8) is 0 Å². The third kappa shape index (κ3) is 4.27. The molecule has 1 nitrogen and oxygen atoms in total. The van der Waals surface area contributed by atoms with E-state index in [0.29, 0.717) is 6.04 Å². The third-order valence-corrected chi connectivity index (χ3v) is 5.07. The Morgan fingerprint density at radius 3 is 1.81 bits per heavy atom. The first-order valence-electron chi connectivity index (χ1n) is 9.63. The molecule has 0 saturated heterocycles. The van der Waals surface area contributed by atoms with Crippen LogP contribution in [0.15, 0.2) is 103 Å². The number of benzene rings is 4. The molecule has 0 bridgehead atoms. The van der Waals surface area contributed by atoms with E-state index in [9.17, 15) is 0 Å². The van der Waals surface area contributed by atoms with Crippen molar-refractivity contribution in [2.24, 2.45) is 0 Å². The first-order chi connectivity index (χ1) is 13.3. The lowest BCUT2D eigenvalue weighted by atomic mass is 9.96. The Hall–Kier alpha value is -2.90. The summed E-state index contributed by atoms with van der Waals surface area (Å²) in [6, 6.07) is 37.3. The highest BCUT2D eigenvalue weighted by molar-refractivity contribution is 5.83. The maximum Gasteiger partial charge on any atom is 0.0578 e. The topological polar surface area (TPSA) is 12.0 Å². The quantitative estimate of drug-likeness (QED) is 0.439. The van der Waals surface area contributed by atoms with E-state index >= 15 is 0 Å². The highest BCUT2D eigenvalue weighted by Crippen LogP contribution is 2.23. The average molecular weight is 351 g/mol. The number of hydrogen-bond acceptors (Lipinski definition) is 1. The molecule has 1 N–H and O–H groups in total. The van der Waals surface area contributed by atoms with Gasteiger partial charge in [-0.2, -0.15) is 0 Å². The van der Waals surface area contributed by atoms with Crippen molar-refractivity contribution in [3.8, 4) is 0 Å². The van der Waals surface area contributed by atoms with Gasteiger partial charge in [0.15, 0.2) is 0 Å². The molecule has 0 aliphatic heterocycles. The largest absolute Gasteiger partial charge is 0.303 e. The molecule has 0 aromatic heterocycles. The van der Waals surface area contributed by atoms with Crippen molar-refractivity contribution in [1.29, 1.82) is 0 Å². The lowest BCUT2D eigenvalue weighted by Crippen LogP contribution is -2.32. The van der Waals surface area contributed by atoms with Gasteiger partial charge in [-0.05, 0) is 40.8 Å². The van der Waals surface area contributed by atoms with E-state index in [2.05, 4.69) is 115 Å². The van der Waals surface area contributed by atoms with Gasteiger partial charge in [-0.3, -0.25) is 0 Å². The smallest absolute Gasteiger partial charge is 0.0578 e. The molecular weight excluding hydrogens is 326 g/mol. The second kappa shape index (κ2) is 8.20. The molecule has 0 aliphatic rings. The third-order valence-electron chi connectivity index (χ3n) is 5.07. The molecule has 0 radical (unpaired) electrons. The molecule has 4 aromatic carbocycles. The number of rotatable bonds is 6. The van der Waals surface area contributed by atoms with Crippen LogP contribution in [-0.4, -0.2) is 6.04 Å². The van der Waals surface area contributed by atoms with Crippen LogP contribution in [0.5, 0.6) is 0 Å². The van der Waals surface area contributed by atoms with Gasteiger partial charge >= 0.3 is 0 Å². The Bertz CT molecular complexity index is 953. The zero-order valence-electron chi connectivity index (χ0n) is 15.7. The van der Waals surface area contributed by atoms with Crippen molar-refractivity contribution >= 4 is 10.8 Å². The molecule has 4 rings (SSSR count). The van der Waals surface area contributed by atoms with Gasteiger partial charge in [0, 0.05) is 6.04 Å². The molecule has 4 aromatic rings. The van der Waals surface area contributed by atoms with Crippen molar-refractivity contribution in [1.82, 2.24) is 5.32 Å². The highest BCUT2D eigenvalue weighted by atomic mass is 14.9. The fraction of sp³-hybridized carbons (Fsp3) is 0.154. The zero-order valence-corrected chi connectivity index (χ0v) is 15.7. The summed E-state index contributed by atoms with van der Waals surface area (Å²) < 4.78 is 0. The van der Waals surface area contributed by atoms with E-state index in [1.807, 2.05) is 0 Å². The second-order valence-corrected chi connectivity index (χ2v) is 7.21. The first kappa shape index (κ1) is 17.5. The Morgan fingerprint density at radius 2 is 1.19 bits per heavy atom. The first-order valence-corrected chi connectivity index (χ1v) is 9.63. The van der Waals surface area contributed by atoms with E-state index in [4.69, 9.17) is 0 Å². The van der Waals surface area contributed by atoms with Crippen molar-refractivity contribution < 1.29 is 0 Å². The minimum atomic E-state index is 0.197. The summed E-state index contributed by atoms with van der Waals surface area (Å²) in [5, 5.41) is 6.46. The molecule has 1 atom stereocenters. The molecule has 0 amide bonds. The predicted octanol–water partition coefficient (Wildman–Crippen LogP) is 6.15. The molecule has 0 heterocycles.